The highest BCUT2D eigenvalue weighted by Crippen LogP contribution is 2.23. The molecule has 0 saturated carbocycles. The van der Waals surface area contributed by atoms with E-state index in [0.29, 0.717) is 12.0 Å². The van der Waals surface area contributed by atoms with Gasteiger partial charge in [-0.25, -0.2) is 0 Å². The summed E-state index contributed by atoms with van der Waals surface area (Å²) in [6.45, 7) is 12.3. The van der Waals surface area contributed by atoms with Crippen LogP contribution in [0.4, 0.5) is 5.69 Å². The van der Waals surface area contributed by atoms with Crippen LogP contribution in [0.1, 0.15) is 25.0 Å². The summed E-state index contributed by atoms with van der Waals surface area (Å²) in [5.41, 5.74) is 4.15. The van der Waals surface area contributed by atoms with Crippen LogP contribution in [0.5, 0.6) is 0 Å². The number of rotatable bonds is 2. The number of anilines is 1. The average molecular weight is 232 g/mol. The highest BCUT2D eigenvalue weighted by Gasteiger charge is 2.22. The summed E-state index contributed by atoms with van der Waals surface area (Å²) < 4.78 is 0. The molecular weight excluding hydrogens is 208 g/mol. The summed E-state index contributed by atoms with van der Waals surface area (Å²) in [5.74, 6) is 0.698. The monoisotopic (exact) mass is 232 g/mol. The van der Waals surface area contributed by atoms with Crippen molar-refractivity contribution in [3.63, 3.8) is 0 Å². The van der Waals surface area contributed by atoms with Crippen molar-refractivity contribution in [3.05, 3.63) is 29.3 Å². The number of nitrogens with one attached hydrogen (secondary N) is 1. The Morgan fingerprint density at radius 3 is 2.71 bits per heavy atom. The molecule has 17 heavy (non-hydrogen) atoms. The van der Waals surface area contributed by atoms with Crippen LogP contribution in [0.2, 0.25) is 0 Å². The summed E-state index contributed by atoms with van der Waals surface area (Å²) in [6, 6.07) is 7.38. The van der Waals surface area contributed by atoms with Crippen molar-refractivity contribution in [2.75, 3.05) is 24.5 Å². The van der Waals surface area contributed by atoms with Crippen molar-refractivity contribution in [3.8, 4) is 0 Å². The van der Waals surface area contributed by atoms with Crippen LogP contribution in [-0.2, 0) is 0 Å². The van der Waals surface area contributed by atoms with Gasteiger partial charge in [0.1, 0.15) is 0 Å². The first-order valence-electron chi connectivity index (χ1n) is 6.63. The lowest BCUT2D eigenvalue weighted by atomic mass is 10.0. The van der Waals surface area contributed by atoms with E-state index < -0.39 is 0 Å². The van der Waals surface area contributed by atoms with E-state index in [9.17, 15) is 0 Å². The first-order chi connectivity index (χ1) is 8.08. The SMILES string of the molecule is Cc1ccc(N2CCNC(C(C)C)C2)c(C)c1. The van der Waals surface area contributed by atoms with Gasteiger partial charge in [0, 0.05) is 31.4 Å². The zero-order valence-corrected chi connectivity index (χ0v) is 11.5. The van der Waals surface area contributed by atoms with Gasteiger partial charge in [-0.1, -0.05) is 31.5 Å². The van der Waals surface area contributed by atoms with Crippen LogP contribution >= 0.6 is 0 Å². The number of hydrogen-bond donors (Lipinski definition) is 1. The first kappa shape index (κ1) is 12.4. The van der Waals surface area contributed by atoms with E-state index in [1.807, 2.05) is 0 Å². The van der Waals surface area contributed by atoms with Crippen LogP contribution in [-0.4, -0.2) is 25.7 Å². The van der Waals surface area contributed by atoms with Crippen molar-refractivity contribution in [1.29, 1.82) is 0 Å². The number of benzene rings is 1. The molecule has 0 amide bonds. The Hall–Kier alpha value is -1.02. The lowest BCUT2D eigenvalue weighted by Crippen LogP contribution is -2.53. The van der Waals surface area contributed by atoms with Gasteiger partial charge in [-0.15, -0.1) is 0 Å². The van der Waals surface area contributed by atoms with Crippen LogP contribution in [0, 0.1) is 19.8 Å². The predicted octanol–water partition coefficient (Wildman–Crippen LogP) is 2.74. The van der Waals surface area contributed by atoms with E-state index in [4.69, 9.17) is 0 Å². The quantitative estimate of drug-likeness (QED) is 0.843. The fourth-order valence-corrected chi connectivity index (χ4v) is 2.60. The third-order valence-electron chi connectivity index (χ3n) is 3.70. The van der Waals surface area contributed by atoms with E-state index >= 15 is 0 Å². The molecule has 94 valence electrons. The molecule has 0 radical (unpaired) electrons. The Bertz CT molecular complexity index is 385. The third kappa shape index (κ3) is 2.81. The number of nitrogens with zero attached hydrogens (tertiary/aromatic N) is 1. The van der Waals surface area contributed by atoms with Gasteiger partial charge in [-0.3, -0.25) is 0 Å². The molecule has 0 spiro atoms. The fraction of sp³-hybridized carbons (Fsp3) is 0.600. The molecule has 0 aliphatic carbocycles. The summed E-state index contributed by atoms with van der Waals surface area (Å²) >= 11 is 0. The summed E-state index contributed by atoms with van der Waals surface area (Å²) in [5, 5.41) is 3.61. The number of piperazine rings is 1. The minimum atomic E-state index is 0.615. The Kier molecular flexibility index (Phi) is 3.72. The van der Waals surface area contributed by atoms with E-state index in [2.05, 4.69) is 56.1 Å². The second-order valence-electron chi connectivity index (χ2n) is 5.54. The Labute approximate surface area is 105 Å². The molecule has 1 aromatic rings. The number of hydrogen-bond acceptors (Lipinski definition) is 2. The second-order valence-corrected chi connectivity index (χ2v) is 5.54. The number of aryl methyl sites for hydroxylation is 2. The first-order valence-corrected chi connectivity index (χ1v) is 6.63. The van der Waals surface area contributed by atoms with E-state index in [1.165, 1.54) is 16.8 Å². The molecule has 1 atom stereocenters. The molecule has 2 heteroatoms. The largest absolute Gasteiger partial charge is 0.368 e. The molecule has 1 aliphatic rings. The lowest BCUT2D eigenvalue weighted by Gasteiger charge is -2.38. The van der Waals surface area contributed by atoms with E-state index in [0.717, 1.165) is 19.6 Å². The van der Waals surface area contributed by atoms with Gasteiger partial charge in [-0.2, -0.15) is 0 Å². The standard InChI is InChI=1S/C15H24N2/c1-11(2)14-10-17(8-7-16-14)15-6-5-12(3)9-13(15)4/h5-6,9,11,14,16H,7-8,10H2,1-4H3. The molecule has 1 unspecified atom stereocenters. The van der Waals surface area contributed by atoms with Gasteiger partial charge in [0.2, 0.25) is 0 Å². The van der Waals surface area contributed by atoms with Crippen molar-refractivity contribution < 1.29 is 0 Å². The molecule has 1 heterocycles. The van der Waals surface area contributed by atoms with E-state index in [-0.39, 0.29) is 0 Å². The highest BCUT2D eigenvalue weighted by atomic mass is 15.2. The summed E-state index contributed by atoms with van der Waals surface area (Å²) in [4.78, 5) is 2.52. The van der Waals surface area contributed by atoms with E-state index in [1.54, 1.807) is 0 Å². The van der Waals surface area contributed by atoms with Gasteiger partial charge >= 0.3 is 0 Å². The van der Waals surface area contributed by atoms with Crippen molar-refractivity contribution in [2.45, 2.75) is 33.7 Å². The zero-order chi connectivity index (χ0) is 12.4. The predicted molar refractivity (Wildman–Crippen MR) is 74.8 cm³/mol. The molecule has 0 bridgehead atoms. The highest BCUT2D eigenvalue weighted by molar-refractivity contribution is 5.54. The van der Waals surface area contributed by atoms with Gasteiger partial charge < -0.3 is 10.2 Å². The van der Waals surface area contributed by atoms with Gasteiger partial charge in [0.25, 0.3) is 0 Å². The smallest absolute Gasteiger partial charge is 0.0397 e. The third-order valence-corrected chi connectivity index (χ3v) is 3.70. The van der Waals surface area contributed by atoms with Crippen LogP contribution in [0.15, 0.2) is 18.2 Å². The van der Waals surface area contributed by atoms with Crippen molar-refractivity contribution in [2.24, 2.45) is 5.92 Å². The molecule has 1 aliphatic heterocycles. The minimum absolute atomic E-state index is 0.615. The van der Waals surface area contributed by atoms with Gasteiger partial charge in [0.05, 0.1) is 0 Å². The van der Waals surface area contributed by atoms with Crippen molar-refractivity contribution >= 4 is 5.69 Å². The Morgan fingerprint density at radius 1 is 1.29 bits per heavy atom. The van der Waals surface area contributed by atoms with Gasteiger partial charge in [-0.05, 0) is 31.4 Å². The lowest BCUT2D eigenvalue weighted by molar-refractivity contribution is 0.368. The summed E-state index contributed by atoms with van der Waals surface area (Å²) in [6.07, 6.45) is 0. The Morgan fingerprint density at radius 2 is 2.06 bits per heavy atom. The second kappa shape index (κ2) is 5.09. The molecule has 1 N–H and O–H groups in total. The molecule has 2 rings (SSSR count). The molecule has 1 saturated heterocycles. The van der Waals surface area contributed by atoms with Gasteiger partial charge in [0.15, 0.2) is 0 Å². The van der Waals surface area contributed by atoms with Crippen LogP contribution in [0.25, 0.3) is 0 Å². The van der Waals surface area contributed by atoms with Crippen LogP contribution < -0.4 is 10.2 Å². The summed E-state index contributed by atoms with van der Waals surface area (Å²) in [7, 11) is 0. The maximum absolute atomic E-state index is 3.61. The maximum Gasteiger partial charge on any atom is 0.0397 e. The molecule has 2 nitrogen and oxygen atoms in total. The molecule has 0 aromatic heterocycles. The average Bonchev–Trinajstić information content (AvgIpc) is 2.29. The topological polar surface area (TPSA) is 15.3 Å². The van der Waals surface area contributed by atoms with Crippen molar-refractivity contribution in [1.82, 2.24) is 5.32 Å². The molecule has 1 fully saturated rings. The maximum atomic E-state index is 3.61. The van der Waals surface area contributed by atoms with Crippen LogP contribution in [0.3, 0.4) is 0 Å². The fourth-order valence-electron chi connectivity index (χ4n) is 2.60. The zero-order valence-electron chi connectivity index (χ0n) is 11.5. The Balaban J connectivity index is 2.16. The minimum Gasteiger partial charge on any atom is -0.368 e. The normalized spacial score (nSPS) is 21.0. The molecular formula is C15H24N2. The molecule has 1 aromatic carbocycles.